The van der Waals surface area contributed by atoms with Crippen molar-refractivity contribution >= 4 is 34.8 Å². The monoisotopic (exact) mass is 347 g/mol. The number of amides is 1. The highest BCUT2D eigenvalue weighted by atomic mass is 35.5. The van der Waals surface area contributed by atoms with Gasteiger partial charge in [0.25, 0.3) is 0 Å². The van der Waals surface area contributed by atoms with E-state index in [0.29, 0.717) is 27.8 Å². The molecule has 2 rings (SSSR count). The Morgan fingerprint density at radius 1 is 1.26 bits per heavy atom. The lowest BCUT2D eigenvalue weighted by Gasteiger charge is -2.17. The second-order valence-electron chi connectivity index (χ2n) is 5.16. The van der Waals surface area contributed by atoms with Crippen molar-refractivity contribution in [3.8, 4) is 6.07 Å². The summed E-state index contributed by atoms with van der Waals surface area (Å²) in [5, 5.41) is 12.6. The number of nitrogens with one attached hydrogen (secondary N) is 1. The van der Waals surface area contributed by atoms with Gasteiger partial charge in [0.05, 0.1) is 28.9 Å². The van der Waals surface area contributed by atoms with Crippen molar-refractivity contribution in [3.05, 3.63) is 63.6 Å². The molecule has 0 aliphatic heterocycles. The maximum Gasteiger partial charge on any atom is 0.238 e. The molecule has 0 bridgehead atoms. The number of hydrogen-bond donors (Lipinski definition) is 1. The molecule has 6 heteroatoms. The number of anilines is 1. The third kappa shape index (κ3) is 5.26. The van der Waals surface area contributed by atoms with E-state index < -0.39 is 0 Å². The van der Waals surface area contributed by atoms with E-state index in [9.17, 15) is 4.79 Å². The largest absolute Gasteiger partial charge is 0.324 e. The van der Waals surface area contributed by atoms with Gasteiger partial charge < -0.3 is 5.32 Å². The van der Waals surface area contributed by atoms with Crippen molar-refractivity contribution in [2.45, 2.75) is 6.54 Å². The smallest absolute Gasteiger partial charge is 0.238 e. The molecule has 0 saturated carbocycles. The fourth-order valence-corrected chi connectivity index (χ4v) is 2.59. The summed E-state index contributed by atoms with van der Waals surface area (Å²) in [6.07, 6.45) is 0. The lowest BCUT2D eigenvalue weighted by molar-refractivity contribution is -0.117. The molecule has 4 nitrogen and oxygen atoms in total. The van der Waals surface area contributed by atoms with E-state index in [4.69, 9.17) is 28.5 Å². The Morgan fingerprint density at radius 3 is 2.74 bits per heavy atom. The zero-order valence-electron chi connectivity index (χ0n) is 12.5. The molecule has 1 N–H and O–H groups in total. The van der Waals surface area contributed by atoms with E-state index in [1.807, 2.05) is 30.1 Å². The van der Waals surface area contributed by atoms with Gasteiger partial charge >= 0.3 is 0 Å². The topological polar surface area (TPSA) is 56.1 Å². The van der Waals surface area contributed by atoms with Gasteiger partial charge in [0, 0.05) is 11.6 Å². The van der Waals surface area contributed by atoms with Crippen LogP contribution < -0.4 is 5.32 Å². The number of halogens is 2. The van der Waals surface area contributed by atoms with Crippen molar-refractivity contribution in [2.75, 3.05) is 18.9 Å². The van der Waals surface area contributed by atoms with Crippen LogP contribution in [0.3, 0.4) is 0 Å². The van der Waals surface area contributed by atoms with Crippen LogP contribution >= 0.6 is 23.2 Å². The molecule has 0 aliphatic rings. The molecule has 2 aromatic rings. The van der Waals surface area contributed by atoms with Crippen molar-refractivity contribution < 1.29 is 4.79 Å². The van der Waals surface area contributed by atoms with Gasteiger partial charge in [-0.15, -0.1) is 0 Å². The van der Waals surface area contributed by atoms with Crippen LogP contribution in [-0.4, -0.2) is 24.4 Å². The first-order valence-corrected chi connectivity index (χ1v) is 7.66. The van der Waals surface area contributed by atoms with Gasteiger partial charge in [-0.3, -0.25) is 9.69 Å². The van der Waals surface area contributed by atoms with Crippen LogP contribution in [0.5, 0.6) is 0 Å². The van der Waals surface area contributed by atoms with Gasteiger partial charge in [-0.05, 0) is 42.9 Å². The molecular formula is C17H15Cl2N3O. The number of likely N-dealkylation sites (N-methyl/N-ethyl adjacent to an activating group) is 1. The molecule has 2 aromatic carbocycles. The average Bonchev–Trinajstić information content (AvgIpc) is 2.50. The number of nitrogens with zero attached hydrogens (tertiary/aromatic N) is 2. The molecule has 0 aromatic heterocycles. The van der Waals surface area contributed by atoms with Gasteiger partial charge in [0.2, 0.25) is 5.91 Å². The zero-order chi connectivity index (χ0) is 16.8. The standard InChI is InChI=1S/C17H15Cl2N3O/c1-22(10-13-4-2-3-12(7-13)9-20)11-17(23)21-16-6-5-14(18)8-15(16)19/h2-8H,10-11H2,1H3,(H,21,23). The van der Waals surface area contributed by atoms with E-state index >= 15 is 0 Å². The lowest BCUT2D eigenvalue weighted by Crippen LogP contribution is -2.29. The molecule has 0 unspecified atom stereocenters. The normalized spacial score (nSPS) is 10.4. The summed E-state index contributed by atoms with van der Waals surface area (Å²) in [5.74, 6) is -0.173. The molecule has 0 aliphatic carbocycles. The number of carbonyl (C=O) groups is 1. The molecule has 23 heavy (non-hydrogen) atoms. The Balaban J connectivity index is 1.93. The maximum atomic E-state index is 12.1. The highest BCUT2D eigenvalue weighted by Crippen LogP contribution is 2.25. The van der Waals surface area contributed by atoms with E-state index in [-0.39, 0.29) is 12.5 Å². The van der Waals surface area contributed by atoms with Gasteiger partial charge in [0.15, 0.2) is 0 Å². The Morgan fingerprint density at radius 2 is 2.04 bits per heavy atom. The van der Waals surface area contributed by atoms with Crippen LogP contribution in [0.25, 0.3) is 0 Å². The number of rotatable bonds is 5. The minimum atomic E-state index is -0.173. The van der Waals surface area contributed by atoms with Crippen LogP contribution in [0.2, 0.25) is 10.0 Å². The number of nitriles is 1. The average molecular weight is 348 g/mol. The third-order valence-corrected chi connectivity index (χ3v) is 3.68. The van der Waals surface area contributed by atoms with E-state index in [1.54, 1.807) is 24.3 Å². The van der Waals surface area contributed by atoms with Gasteiger partial charge in [-0.2, -0.15) is 5.26 Å². The summed E-state index contributed by atoms with van der Waals surface area (Å²) in [6.45, 7) is 0.771. The summed E-state index contributed by atoms with van der Waals surface area (Å²) in [5.41, 5.74) is 2.11. The summed E-state index contributed by atoms with van der Waals surface area (Å²) in [4.78, 5) is 13.9. The molecular weight excluding hydrogens is 333 g/mol. The van der Waals surface area contributed by atoms with Crippen LogP contribution in [0, 0.1) is 11.3 Å². The maximum absolute atomic E-state index is 12.1. The summed E-state index contributed by atoms with van der Waals surface area (Å²) in [6, 6.07) is 14.3. The Labute approximate surface area is 145 Å². The van der Waals surface area contributed by atoms with Crippen molar-refractivity contribution in [1.29, 1.82) is 5.26 Å². The van der Waals surface area contributed by atoms with Crippen LogP contribution in [0.1, 0.15) is 11.1 Å². The highest BCUT2D eigenvalue weighted by Gasteiger charge is 2.10. The van der Waals surface area contributed by atoms with Crippen LogP contribution in [-0.2, 0) is 11.3 Å². The molecule has 0 spiro atoms. The number of carbonyl (C=O) groups excluding carboxylic acids is 1. The minimum Gasteiger partial charge on any atom is -0.324 e. The van der Waals surface area contributed by atoms with E-state index in [1.165, 1.54) is 0 Å². The Hall–Kier alpha value is -2.06. The molecule has 0 radical (unpaired) electrons. The van der Waals surface area contributed by atoms with Crippen molar-refractivity contribution in [3.63, 3.8) is 0 Å². The number of benzene rings is 2. The quantitative estimate of drug-likeness (QED) is 0.891. The third-order valence-electron chi connectivity index (χ3n) is 3.13. The fourth-order valence-electron chi connectivity index (χ4n) is 2.13. The minimum absolute atomic E-state index is 0.173. The highest BCUT2D eigenvalue weighted by molar-refractivity contribution is 6.36. The van der Waals surface area contributed by atoms with Gasteiger partial charge in [0.1, 0.15) is 0 Å². The molecule has 118 valence electrons. The summed E-state index contributed by atoms with van der Waals surface area (Å²) in [7, 11) is 1.84. The summed E-state index contributed by atoms with van der Waals surface area (Å²) < 4.78 is 0. The molecule has 0 heterocycles. The first-order chi connectivity index (χ1) is 11.0. The lowest BCUT2D eigenvalue weighted by atomic mass is 10.1. The first-order valence-electron chi connectivity index (χ1n) is 6.90. The number of hydrogen-bond acceptors (Lipinski definition) is 3. The Kier molecular flexibility index (Phi) is 6.00. The zero-order valence-corrected chi connectivity index (χ0v) is 14.0. The molecule has 1 amide bonds. The Bertz CT molecular complexity index is 756. The predicted molar refractivity (Wildman–Crippen MR) is 92.6 cm³/mol. The predicted octanol–water partition coefficient (Wildman–Crippen LogP) is 3.94. The first kappa shape index (κ1) is 17.3. The molecule has 0 saturated heterocycles. The van der Waals surface area contributed by atoms with Crippen LogP contribution in [0.15, 0.2) is 42.5 Å². The fraction of sp³-hybridized carbons (Fsp3) is 0.176. The second-order valence-corrected chi connectivity index (χ2v) is 6.00. The van der Waals surface area contributed by atoms with Crippen molar-refractivity contribution in [1.82, 2.24) is 4.90 Å². The molecule has 0 atom stereocenters. The second kappa shape index (κ2) is 7.98. The SMILES string of the molecule is CN(CC(=O)Nc1ccc(Cl)cc1Cl)Cc1cccc(C#N)c1. The van der Waals surface area contributed by atoms with Crippen molar-refractivity contribution in [2.24, 2.45) is 0 Å². The summed E-state index contributed by atoms with van der Waals surface area (Å²) >= 11 is 11.9. The molecule has 0 fully saturated rings. The van der Waals surface area contributed by atoms with E-state index in [2.05, 4.69) is 11.4 Å². The van der Waals surface area contributed by atoms with Gasteiger partial charge in [-0.1, -0.05) is 35.3 Å². The van der Waals surface area contributed by atoms with E-state index in [0.717, 1.165) is 5.56 Å². The van der Waals surface area contributed by atoms with Crippen LogP contribution in [0.4, 0.5) is 5.69 Å². The van der Waals surface area contributed by atoms with Gasteiger partial charge in [-0.25, -0.2) is 0 Å².